The number of carbonyl (C=O) groups excluding carboxylic acids is 8. The number of unbranched alkanes of at least 4 members (excludes halogenated alkanes) is 20. The number of esters is 4. The van der Waals surface area contributed by atoms with Crippen LogP contribution in [0.4, 0.5) is 0 Å². The number of nitrogens with zero attached hydrogens (tertiary/aromatic N) is 3. The smallest absolute Gasteiger partial charge is 0.307 e. The highest BCUT2D eigenvalue weighted by Gasteiger charge is 2.22. The average molecular weight is 1450 g/mol. The Morgan fingerprint density at radius 2 is 0.461 bits per heavy atom. The molecule has 0 heterocycles. The summed E-state index contributed by atoms with van der Waals surface area (Å²) in [6, 6.07) is 0. The Labute approximate surface area is 624 Å². The summed E-state index contributed by atoms with van der Waals surface area (Å²) in [6.07, 6.45) is 42.1. The summed E-state index contributed by atoms with van der Waals surface area (Å²) < 4.78 is 22.7. The number of rotatable bonds is 76. The van der Waals surface area contributed by atoms with E-state index in [-0.39, 0.29) is 123 Å². The molecule has 0 aliphatic heterocycles. The van der Waals surface area contributed by atoms with Gasteiger partial charge in [-0.05, 0) is 149 Å². The van der Waals surface area contributed by atoms with Crippen LogP contribution in [0.25, 0.3) is 0 Å². The maximum atomic E-state index is 13.1. The number of ether oxygens (including phenoxy) is 4. The van der Waals surface area contributed by atoms with Crippen LogP contribution in [-0.2, 0) is 57.3 Å². The van der Waals surface area contributed by atoms with Crippen molar-refractivity contribution in [2.24, 2.45) is 23.7 Å². The zero-order chi connectivity index (χ0) is 75.2. The fourth-order valence-electron chi connectivity index (χ4n) is 13.0. The summed E-state index contributed by atoms with van der Waals surface area (Å²) in [4.78, 5) is 111. The number of amides is 4. The maximum Gasteiger partial charge on any atom is 0.307 e. The van der Waals surface area contributed by atoms with Crippen molar-refractivity contribution < 1.29 is 57.3 Å². The molecule has 4 unspecified atom stereocenters. The SMILES string of the molecule is CCCCCCC(CCCC)C(=O)NCCCCOC(=O)CCN(CCCN(C)CCCN(CCC(=O)OCCCCNC(=O)C(CCCC)CCCCCC)CCC(=O)OCCCCNC(=O)C(CCCC)CCCCCC)CCC(=O)OCCCCNC(=O)C(CCCC)CCCCCC. The minimum Gasteiger partial charge on any atom is -0.466 e. The Kier molecular flexibility index (Phi) is 69.1. The summed E-state index contributed by atoms with van der Waals surface area (Å²) in [5.74, 6) is -0.416. The molecule has 0 saturated carbocycles. The monoisotopic (exact) mass is 1450 g/mol. The first kappa shape index (κ1) is 97.6. The van der Waals surface area contributed by atoms with E-state index in [1.54, 1.807) is 0 Å². The molecule has 4 N–H and O–H groups in total. The summed E-state index contributed by atoms with van der Waals surface area (Å²) in [5.41, 5.74) is 0. The van der Waals surface area contributed by atoms with Crippen molar-refractivity contribution in [3.63, 3.8) is 0 Å². The first-order valence-electron chi connectivity index (χ1n) is 42.5. The van der Waals surface area contributed by atoms with Crippen molar-refractivity contribution in [2.75, 3.05) is 112 Å². The molecule has 19 heteroatoms. The van der Waals surface area contributed by atoms with Crippen molar-refractivity contribution in [3.8, 4) is 0 Å². The largest absolute Gasteiger partial charge is 0.466 e. The van der Waals surface area contributed by atoms with E-state index < -0.39 is 0 Å². The predicted octanol–water partition coefficient (Wildman–Crippen LogP) is 16.7. The molecule has 0 bridgehead atoms. The van der Waals surface area contributed by atoms with Gasteiger partial charge in [-0.2, -0.15) is 0 Å². The van der Waals surface area contributed by atoms with Gasteiger partial charge in [-0.1, -0.05) is 209 Å². The summed E-state index contributed by atoms with van der Waals surface area (Å²) in [5, 5.41) is 12.6. The molecule has 0 saturated heterocycles. The van der Waals surface area contributed by atoms with Gasteiger partial charge < -0.3 is 54.9 Å². The van der Waals surface area contributed by atoms with E-state index in [4.69, 9.17) is 18.9 Å². The van der Waals surface area contributed by atoms with Crippen LogP contribution in [-0.4, -0.2) is 174 Å². The molecule has 19 nitrogen and oxygen atoms in total. The van der Waals surface area contributed by atoms with E-state index in [0.29, 0.717) is 91.1 Å². The van der Waals surface area contributed by atoms with Crippen molar-refractivity contribution in [2.45, 2.75) is 351 Å². The van der Waals surface area contributed by atoms with Crippen LogP contribution in [0.1, 0.15) is 351 Å². The van der Waals surface area contributed by atoms with Gasteiger partial charge in [-0.3, -0.25) is 38.4 Å². The van der Waals surface area contributed by atoms with Crippen LogP contribution in [0.3, 0.4) is 0 Å². The molecule has 0 spiro atoms. The molecule has 0 aromatic rings. The molecule has 0 aliphatic carbocycles. The molecule has 0 aromatic carbocycles. The molecule has 0 aromatic heterocycles. The molecule has 4 atom stereocenters. The van der Waals surface area contributed by atoms with Crippen molar-refractivity contribution >= 4 is 47.5 Å². The maximum absolute atomic E-state index is 13.1. The third kappa shape index (κ3) is 59.8. The van der Waals surface area contributed by atoms with E-state index in [0.717, 1.165) is 206 Å². The molecular weight excluding hydrogens is 1290 g/mol. The second-order valence-corrected chi connectivity index (χ2v) is 29.3. The van der Waals surface area contributed by atoms with Crippen LogP contribution in [0.2, 0.25) is 0 Å². The molecule has 0 fully saturated rings. The predicted molar refractivity (Wildman–Crippen MR) is 418 cm³/mol. The molecular formula is C83H159N7O12. The van der Waals surface area contributed by atoms with Gasteiger partial charge in [0.25, 0.3) is 0 Å². The lowest BCUT2D eigenvalue weighted by atomic mass is 9.94. The van der Waals surface area contributed by atoms with E-state index in [1.807, 2.05) is 0 Å². The van der Waals surface area contributed by atoms with E-state index >= 15 is 0 Å². The topological polar surface area (TPSA) is 231 Å². The Balaban J connectivity index is 5.72. The highest BCUT2D eigenvalue weighted by atomic mass is 16.5. The van der Waals surface area contributed by atoms with E-state index in [1.165, 1.54) is 51.4 Å². The van der Waals surface area contributed by atoms with Gasteiger partial charge in [0.15, 0.2) is 0 Å². The van der Waals surface area contributed by atoms with Crippen molar-refractivity contribution in [3.05, 3.63) is 0 Å². The highest BCUT2D eigenvalue weighted by Crippen LogP contribution is 2.22. The highest BCUT2D eigenvalue weighted by molar-refractivity contribution is 5.80. The number of nitrogens with one attached hydrogen (secondary N) is 4. The Morgan fingerprint density at radius 3 is 0.676 bits per heavy atom. The fraction of sp³-hybridized carbons (Fsp3) is 0.904. The number of carbonyl (C=O) groups is 8. The Morgan fingerprint density at radius 1 is 0.245 bits per heavy atom. The Hall–Kier alpha value is -4.36. The van der Waals surface area contributed by atoms with Gasteiger partial charge in [-0.15, -0.1) is 0 Å². The molecule has 0 aliphatic rings. The van der Waals surface area contributed by atoms with Crippen LogP contribution >= 0.6 is 0 Å². The molecule has 102 heavy (non-hydrogen) atoms. The van der Waals surface area contributed by atoms with Crippen LogP contribution in [0, 0.1) is 23.7 Å². The molecule has 4 amide bonds. The minimum absolute atomic E-state index is 0.0546. The summed E-state index contributed by atoms with van der Waals surface area (Å²) in [7, 11) is 2.07. The zero-order valence-corrected chi connectivity index (χ0v) is 67.4. The second kappa shape index (κ2) is 72.2. The first-order valence-corrected chi connectivity index (χ1v) is 42.5. The quantitative estimate of drug-likeness (QED) is 0.0252. The van der Waals surface area contributed by atoms with Gasteiger partial charge in [0.1, 0.15) is 0 Å². The van der Waals surface area contributed by atoms with Gasteiger partial charge in [0.2, 0.25) is 23.6 Å². The van der Waals surface area contributed by atoms with Crippen molar-refractivity contribution in [1.82, 2.24) is 36.0 Å². The third-order valence-corrected chi connectivity index (χ3v) is 19.8. The zero-order valence-electron chi connectivity index (χ0n) is 67.4. The molecule has 0 rings (SSSR count). The number of hydrogen-bond acceptors (Lipinski definition) is 15. The second-order valence-electron chi connectivity index (χ2n) is 29.3. The van der Waals surface area contributed by atoms with Gasteiger partial charge in [0, 0.05) is 76.0 Å². The van der Waals surface area contributed by atoms with Crippen LogP contribution in [0.5, 0.6) is 0 Å². The lowest BCUT2D eigenvalue weighted by Gasteiger charge is -2.25. The lowest BCUT2D eigenvalue weighted by molar-refractivity contribution is -0.146. The average Bonchev–Trinajstić information content (AvgIpc) is 1.18. The standard InChI is InChI=1S/C83H159N7O12/c1-10-18-26-30-48-72(44-22-14-5)80(95)84-56-34-38-68-99-76(91)52-64-89(65-53-77(92)100-69-39-35-57-85-81(96)73(45-23-15-6)49-31-27-19-11-2)62-42-60-88(9)61-43-63-90(66-54-78(93)101-70-40-36-58-86-82(97)74(46-24-16-7)50-32-28-20-12-3)67-55-79(94)102-71-41-37-59-87-83(98)75(47-25-17-8)51-33-29-21-13-4/h72-75H,10-71H2,1-9H3,(H,84,95)(H,85,96)(H,86,97)(H,87,98). The van der Waals surface area contributed by atoms with Crippen LogP contribution in [0.15, 0.2) is 0 Å². The minimum atomic E-state index is -0.297. The Bertz CT molecular complexity index is 1770. The van der Waals surface area contributed by atoms with Gasteiger partial charge >= 0.3 is 23.9 Å². The molecule has 598 valence electrons. The van der Waals surface area contributed by atoms with Crippen molar-refractivity contribution in [1.29, 1.82) is 0 Å². The van der Waals surface area contributed by atoms with Gasteiger partial charge in [0.05, 0.1) is 52.1 Å². The lowest BCUT2D eigenvalue weighted by Crippen LogP contribution is -2.34. The normalized spacial score (nSPS) is 12.7. The van der Waals surface area contributed by atoms with Crippen LogP contribution < -0.4 is 21.3 Å². The van der Waals surface area contributed by atoms with E-state index in [9.17, 15) is 38.4 Å². The third-order valence-electron chi connectivity index (χ3n) is 19.8. The summed E-state index contributed by atoms with van der Waals surface area (Å²) >= 11 is 0. The summed E-state index contributed by atoms with van der Waals surface area (Å²) in [6.45, 7) is 25.3. The number of hydrogen-bond donors (Lipinski definition) is 4. The fourth-order valence-corrected chi connectivity index (χ4v) is 13.0. The molecule has 0 radical (unpaired) electrons. The first-order chi connectivity index (χ1) is 49.6. The van der Waals surface area contributed by atoms with E-state index in [2.05, 4.69) is 98.4 Å². The van der Waals surface area contributed by atoms with Gasteiger partial charge in [-0.25, -0.2) is 0 Å².